The number of hydrogen-bond donors (Lipinski definition) is 2. The molecule has 0 heterocycles. The minimum atomic E-state index is -0.279. The third-order valence-corrected chi connectivity index (χ3v) is 4.32. The molecule has 0 fully saturated rings. The van der Waals surface area contributed by atoms with Gasteiger partial charge < -0.3 is 14.8 Å². The molecule has 2 amide bonds. The summed E-state index contributed by atoms with van der Waals surface area (Å²) in [6, 6.07) is 21.3. The molecule has 0 aromatic heterocycles. The van der Waals surface area contributed by atoms with E-state index in [-0.39, 0.29) is 18.4 Å². The molecule has 0 saturated carbocycles. The highest BCUT2D eigenvalue weighted by atomic mass is 16.5. The number of nitrogens with zero attached hydrogens (tertiary/aromatic N) is 1. The van der Waals surface area contributed by atoms with E-state index in [9.17, 15) is 9.59 Å². The molecule has 0 aliphatic carbocycles. The van der Waals surface area contributed by atoms with Crippen LogP contribution in [0.15, 0.2) is 77.9 Å². The number of carbonyl (C=O) groups is 2. The number of nitrogens with one attached hydrogen (secondary N) is 2. The normalized spacial score (nSPS) is 10.5. The van der Waals surface area contributed by atoms with Crippen LogP contribution in [0.3, 0.4) is 0 Å². The Hall–Kier alpha value is -4.13. The fourth-order valence-corrected chi connectivity index (χ4v) is 2.61. The van der Waals surface area contributed by atoms with Gasteiger partial charge in [-0.2, -0.15) is 5.10 Å². The molecule has 0 aliphatic heterocycles. The molecule has 2 N–H and O–H groups in total. The summed E-state index contributed by atoms with van der Waals surface area (Å²) in [4.78, 5) is 24.0. The Balaban J connectivity index is 1.44. The second-order valence-electron chi connectivity index (χ2n) is 6.70. The van der Waals surface area contributed by atoms with E-state index in [1.807, 2.05) is 19.1 Å². The predicted octanol–water partition coefficient (Wildman–Crippen LogP) is 3.79. The van der Waals surface area contributed by atoms with Crippen molar-refractivity contribution in [3.63, 3.8) is 0 Å². The molecule has 3 rings (SSSR count). The molecule has 0 saturated heterocycles. The molecule has 0 unspecified atom stereocenters. The number of amides is 2. The van der Waals surface area contributed by atoms with Crippen LogP contribution >= 0.6 is 0 Å². The Labute approximate surface area is 180 Å². The van der Waals surface area contributed by atoms with Crippen molar-refractivity contribution in [1.29, 1.82) is 0 Å². The van der Waals surface area contributed by atoms with Gasteiger partial charge in [0.05, 0.1) is 13.3 Å². The van der Waals surface area contributed by atoms with E-state index < -0.39 is 0 Å². The number of hydrazone groups is 1. The average molecular weight is 417 g/mol. The third kappa shape index (κ3) is 6.71. The van der Waals surface area contributed by atoms with Crippen molar-refractivity contribution < 1.29 is 19.1 Å². The number of methoxy groups -OCH3 is 1. The van der Waals surface area contributed by atoms with Crippen LogP contribution in [0.4, 0.5) is 5.69 Å². The molecule has 31 heavy (non-hydrogen) atoms. The molecule has 3 aromatic carbocycles. The quantitative estimate of drug-likeness (QED) is 0.431. The van der Waals surface area contributed by atoms with Crippen LogP contribution in [0.5, 0.6) is 11.5 Å². The molecule has 0 atom stereocenters. The van der Waals surface area contributed by atoms with Crippen molar-refractivity contribution in [2.75, 3.05) is 19.0 Å². The van der Waals surface area contributed by atoms with Crippen molar-refractivity contribution in [1.82, 2.24) is 5.43 Å². The molecule has 158 valence electrons. The highest BCUT2D eigenvalue weighted by molar-refractivity contribution is 5.95. The maximum Gasteiger partial charge on any atom is 0.271 e. The van der Waals surface area contributed by atoms with Gasteiger partial charge in [-0.25, -0.2) is 5.43 Å². The smallest absolute Gasteiger partial charge is 0.271 e. The van der Waals surface area contributed by atoms with Crippen molar-refractivity contribution >= 4 is 23.7 Å². The first kappa shape index (κ1) is 21.6. The lowest BCUT2D eigenvalue weighted by Crippen LogP contribution is -2.20. The first-order valence-electron chi connectivity index (χ1n) is 9.60. The third-order valence-electron chi connectivity index (χ3n) is 4.32. The van der Waals surface area contributed by atoms with Crippen LogP contribution in [0, 0.1) is 6.92 Å². The molecule has 0 aliphatic rings. The Morgan fingerprint density at radius 3 is 2.19 bits per heavy atom. The number of hydrogen-bond acceptors (Lipinski definition) is 5. The van der Waals surface area contributed by atoms with Crippen LogP contribution in [0.2, 0.25) is 0 Å². The summed E-state index contributed by atoms with van der Waals surface area (Å²) < 4.78 is 10.6. The van der Waals surface area contributed by atoms with Gasteiger partial charge in [0.2, 0.25) is 0 Å². The van der Waals surface area contributed by atoms with Crippen LogP contribution in [-0.4, -0.2) is 31.7 Å². The number of aryl methyl sites for hydroxylation is 1. The summed E-state index contributed by atoms with van der Waals surface area (Å²) in [6.45, 7) is 1.84. The van der Waals surface area contributed by atoms with Gasteiger partial charge in [0.25, 0.3) is 11.8 Å². The van der Waals surface area contributed by atoms with Gasteiger partial charge in [-0.3, -0.25) is 9.59 Å². The van der Waals surface area contributed by atoms with Crippen LogP contribution in [-0.2, 0) is 4.79 Å². The van der Waals surface area contributed by atoms with Crippen molar-refractivity contribution in [2.24, 2.45) is 5.10 Å². The molecule has 0 radical (unpaired) electrons. The highest BCUT2D eigenvalue weighted by Crippen LogP contribution is 2.15. The molecule has 7 nitrogen and oxygen atoms in total. The number of ether oxygens (including phenoxy) is 2. The topological polar surface area (TPSA) is 89.0 Å². The van der Waals surface area contributed by atoms with E-state index in [2.05, 4.69) is 15.8 Å². The summed E-state index contributed by atoms with van der Waals surface area (Å²) in [5.74, 6) is 0.715. The zero-order valence-corrected chi connectivity index (χ0v) is 17.3. The van der Waals surface area contributed by atoms with Gasteiger partial charge in [-0.1, -0.05) is 17.7 Å². The summed E-state index contributed by atoms with van der Waals surface area (Å²) in [5.41, 5.74) is 5.55. The van der Waals surface area contributed by atoms with Crippen molar-refractivity contribution in [3.8, 4) is 11.5 Å². The molecule has 3 aromatic rings. The van der Waals surface area contributed by atoms with Gasteiger partial charge in [-0.05, 0) is 73.2 Å². The minimum Gasteiger partial charge on any atom is -0.497 e. The lowest BCUT2D eigenvalue weighted by Gasteiger charge is -2.08. The zero-order chi connectivity index (χ0) is 22.1. The molecular formula is C24H23N3O4. The fourth-order valence-electron chi connectivity index (χ4n) is 2.61. The maximum atomic E-state index is 12.0. The maximum absolute atomic E-state index is 12.0. The standard InChI is InChI=1S/C24H23N3O4/c1-17-3-7-19(8-4-17)24(29)27-25-15-18-5-11-22(12-6-18)31-16-23(28)26-20-9-13-21(30-2)14-10-20/h3-15H,16H2,1-2H3,(H,26,28)(H,27,29)/b25-15+. The first-order chi connectivity index (χ1) is 15.0. The number of rotatable bonds is 8. The number of anilines is 1. The van der Waals surface area contributed by atoms with E-state index >= 15 is 0 Å². The van der Waals surface area contributed by atoms with Crippen molar-refractivity contribution in [2.45, 2.75) is 6.92 Å². The number of carbonyl (C=O) groups excluding carboxylic acids is 2. The van der Waals surface area contributed by atoms with Crippen LogP contribution in [0.25, 0.3) is 0 Å². The van der Waals surface area contributed by atoms with Gasteiger partial charge >= 0.3 is 0 Å². The minimum absolute atomic E-state index is 0.119. The highest BCUT2D eigenvalue weighted by Gasteiger charge is 2.05. The Morgan fingerprint density at radius 1 is 0.903 bits per heavy atom. The summed E-state index contributed by atoms with van der Waals surface area (Å²) in [6.07, 6.45) is 1.53. The molecular weight excluding hydrogens is 394 g/mol. The van der Waals surface area contributed by atoms with E-state index in [0.29, 0.717) is 22.7 Å². The monoisotopic (exact) mass is 417 g/mol. The summed E-state index contributed by atoms with van der Waals surface area (Å²) >= 11 is 0. The van der Waals surface area contributed by atoms with Gasteiger partial charge in [0.15, 0.2) is 6.61 Å². The first-order valence-corrected chi connectivity index (χ1v) is 9.60. The van der Waals surface area contributed by atoms with Crippen LogP contribution in [0.1, 0.15) is 21.5 Å². The number of benzene rings is 3. The fraction of sp³-hybridized carbons (Fsp3) is 0.125. The SMILES string of the molecule is COc1ccc(NC(=O)COc2ccc(/C=N/NC(=O)c3ccc(C)cc3)cc2)cc1. The lowest BCUT2D eigenvalue weighted by molar-refractivity contribution is -0.118. The Kier molecular flexibility index (Phi) is 7.37. The van der Waals surface area contributed by atoms with E-state index in [1.54, 1.807) is 67.8 Å². The Morgan fingerprint density at radius 2 is 1.55 bits per heavy atom. The van der Waals surface area contributed by atoms with E-state index in [1.165, 1.54) is 6.21 Å². The lowest BCUT2D eigenvalue weighted by atomic mass is 10.1. The van der Waals surface area contributed by atoms with Crippen molar-refractivity contribution in [3.05, 3.63) is 89.5 Å². The van der Waals surface area contributed by atoms with E-state index in [4.69, 9.17) is 9.47 Å². The zero-order valence-electron chi connectivity index (χ0n) is 17.3. The van der Waals surface area contributed by atoms with E-state index in [0.717, 1.165) is 11.1 Å². The second-order valence-corrected chi connectivity index (χ2v) is 6.70. The van der Waals surface area contributed by atoms with Gasteiger partial charge in [0, 0.05) is 11.3 Å². The summed E-state index contributed by atoms with van der Waals surface area (Å²) in [5, 5.41) is 6.71. The Bertz CT molecular complexity index is 1040. The predicted molar refractivity (Wildman–Crippen MR) is 120 cm³/mol. The average Bonchev–Trinajstić information content (AvgIpc) is 2.79. The van der Waals surface area contributed by atoms with Gasteiger partial charge in [0.1, 0.15) is 11.5 Å². The molecule has 0 spiro atoms. The summed E-state index contributed by atoms with van der Waals surface area (Å²) in [7, 11) is 1.58. The molecule has 7 heteroatoms. The second kappa shape index (κ2) is 10.6. The molecule has 0 bridgehead atoms. The van der Waals surface area contributed by atoms with Gasteiger partial charge in [-0.15, -0.1) is 0 Å². The van der Waals surface area contributed by atoms with Crippen LogP contribution < -0.4 is 20.2 Å². The largest absolute Gasteiger partial charge is 0.497 e.